The van der Waals surface area contributed by atoms with Crippen molar-refractivity contribution >= 4 is 39.9 Å². The summed E-state index contributed by atoms with van der Waals surface area (Å²) >= 11 is 7.11. The number of esters is 1. The quantitative estimate of drug-likeness (QED) is 0.776. The van der Waals surface area contributed by atoms with Crippen LogP contribution in [0.4, 0.5) is 5.13 Å². The Labute approximate surface area is 126 Å². The highest BCUT2D eigenvalue weighted by atomic mass is 35.5. The zero-order valence-electron chi connectivity index (χ0n) is 11.8. The maximum Gasteiger partial charge on any atom is 0.351 e. The molecule has 1 aromatic heterocycles. The molecule has 0 aliphatic carbocycles. The van der Waals surface area contributed by atoms with E-state index in [0.29, 0.717) is 18.2 Å². The molecule has 0 spiro atoms. The number of piperazine rings is 1. The summed E-state index contributed by atoms with van der Waals surface area (Å²) in [6.45, 7) is 4.91. The predicted molar refractivity (Wildman–Crippen MR) is 77.5 cm³/mol. The average Bonchev–Trinajstić information content (AvgIpc) is 2.77. The van der Waals surface area contributed by atoms with Gasteiger partial charge in [-0.1, -0.05) is 22.9 Å². The molecule has 0 saturated carbocycles. The standard InChI is InChI=1S/C12H16ClN3O3S/c1-12(2)10(18)15(3)5-6-16(12)11-14-8(13)7(20-11)9(17)19-4/h5-6H2,1-4H3. The highest BCUT2D eigenvalue weighted by molar-refractivity contribution is 7.18. The number of aromatic nitrogens is 1. The van der Waals surface area contributed by atoms with Gasteiger partial charge in [-0.2, -0.15) is 0 Å². The first-order valence-electron chi connectivity index (χ1n) is 6.07. The lowest BCUT2D eigenvalue weighted by Crippen LogP contribution is -2.62. The van der Waals surface area contributed by atoms with Gasteiger partial charge in [0.05, 0.1) is 7.11 Å². The molecule has 1 aliphatic rings. The van der Waals surface area contributed by atoms with Crippen LogP contribution in [-0.2, 0) is 9.53 Å². The first-order valence-corrected chi connectivity index (χ1v) is 7.26. The molecular formula is C12H16ClN3O3S. The molecule has 1 saturated heterocycles. The summed E-state index contributed by atoms with van der Waals surface area (Å²) in [7, 11) is 3.07. The number of nitrogens with zero attached hydrogens (tertiary/aromatic N) is 3. The van der Waals surface area contributed by atoms with Crippen LogP contribution in [-0.4, -0.2) is 54.5 Å². The summed E-state index contributed by atoms with van der Waals surface area (Å²) < 4.78 is 4.66. The van der Waals surface area contributed by atoms with Gasteiger partial charge in [-0.05, 0) is 13.8 Å². The van der Waals surface area contributed by atoms with Crippen LogP contribution in [0.5, 0.6) is 0 Å². The molecule has 2 rings (SSSR count). The second-order valence-corrected chi connectivity index (χ2v) is 6.38. The summed E-state index contributed by atoms with van der Waals surface area (Å²) in [6.07, 6.45) is 0. The molecule has 1 aromatic rings. The number of anilines is 1. The van der Waals surface area contributed by atoms with E-state index >= 15 is 0 Å². The number of halogens is 1. The van der Waals surface area contributed by atoms with Gasteiger partial charge in [-0.25, -0.2) is 9.78 Å². The summed E-state index contributed by atoms with van der Waals surface area (Å²) in [5.41, 5.74) is -0.721. The first-order chi connectivity index (χ1) is 9.28. The third kappa shape index (κ3) is 2.35. The molecule has 110 valence electrons. The molecule has 1 fully saturated rings. The second kappa shape index (κ2) is 5.21. The lowest BCUT2D eigenvalue weighted by atomic mass is 9.99. The van der Waals surface area contributed by atoms with Crippen LogP contribution in [0.25, 0.3) is 0 Å². The zero-order valence-corrected chi connectivity index (χ0v) is 13.3. The number of likely N-dealkylation sites (N-methyl/N-ethyl adjacent to an activating group) is 1. The van der Waals surface area contributed by atoms with E-state index in [1.54, 1.807) is 11.9 Å². The fourth-order valence-electron chi connectivity index (χ4n) is 2.17. The topological polar surface area (TPSA) is 62.7 Å². The van der Waals surface area contributed by atoms with Crippen LogP contribution in [0, 0.1) is 0 Å². The van der Waals surface area contributed by atoms with Crippen LogP contribution >= 0.6 is 22.9 Å². The van der Waals surface area contributed by atoms with Gasteiger partial charge >= 0.3 is 5.97 Å². The molecule has 0 aromatic carbocycles. The van der Waals surface area contributed by atoms with E-state index in [-0.39, 0.29) is 15.9 Å². The predicted octanol–water partition coefficient (Wildman–Crippen LogP) is 1.64. The molecule has 1 amide bonds. The lowest BCUT2D eigenvalue weighted by molar-refractivity contribution is -0.136. The SMILES string of the molecule is COC(=O)c1sc(N2CCN(C)C(=O)C2(C)C)nc1Cl. The maximum absolute atomic E-state index is 12.2. The monoisotopic (exact) mass is 317 g/mol. The van der Waals surface area contributed by atoms with Crippen molar-refractivity contribution in [2.75, 3.05) is 32.1 Å². The molecule has 0 bridgehead atoms. The number of hydrogen-bond acceptors (Lipinski definition) is 6. The second-order valence-electron chi connectivity index (χ2n) is 5.05. The van der Waals surface area contributed by atoms with Gasteiger partial charge in [0.1, 0.15) is 5.54 Å². The third-order valence-corrected chi connectivity index (χ3v) is 4.82. The van der Waals surface area contributed by atoms with Crippen molar-refractivity contribution in [3.05, 3.63) is 10.0 Å². The molecular weight excluding hydrogens is 302 g/mol. The number of amides is 1. The average molecular weight is 318 g/mol. The van der Waals surface area contributed by atoms with Crippen molar-refractivity contribution in [3.8, 4) is 0 Å². The van der Waals surface area contributed by atoms with Crippen molar-refractivity contribution in [2.45, 2.75) is 19.4 Å². The van der Waals surface area contributed by atoms with Crippen molar-refractivity contribution < 1.29 is 14.3 Å². The molecule has 0 atom stereocenters. The van der Waals surface area contributed by atoms with Crippen LogP contribution in [0.2, 0.25) is 5.15 Å². The maximum atomic E-state index is 12.2. The van der Waals surface area contributed by atoms with Crippen LogP contribution < -0.4 is 4.90 Å². The summed E-state index contributed by atoms with van der Waals surface area (Å²) in [4.78, 5) is 31.8. The Bertz CT molecular complexity index is 558. The van der Waals surface area contributed by atoms with Gasteiger partial charge in [0.2, 0.25) is 5.91 Å². The zero-order chi connectivity index (χ0) is 15.1. The Morgan fingerprint density at radius 1 is 1.45 bits per heavy atom. The Hall–Kier alpha value is -1.34. The van der Waals surface area contributed by atoms with Crippen molar-refractivity contribution in [1.82, 2.24) is 9.88 Å². The first kappa shape index (κ1) is 15.1. The normalized spacial score (nSPS) is 18.4. The molecule has 20 heavy (non-hydrogen) atoms. The number of rotatable bonds is 2. The highest BCUT2D eigenvalue weighted by Crippen LogP contribution is 2.35. The summed E-state index contributed by atoms with van der Waals surface area (Å²) in [5, 5.41) is 0.667. The van der Waals surface area contributed by atoms with Gasteiger partial charge in [-0.3, -0.25) is 4.79 Å². The van der Waals surface area contributed by atoms with Gasteiger partial charge in [0.15, 0.2) is 15.2 Å². The molecule has 0 N–H and O–H groups in total. The van der Waals surface area contributed by atoms with Gasteiger partial charge in [-0.15, -0.1) is 0 Å². The Kier molecular flexibility index (Phi) is 3.93. The van der Waals surface area contributed by atoms with E-state index in [2.05, 4.69) is 9.72 Å². The third-order valence-electron chi connectivity index (χ3n) is 3.38. The molecule has 0 unspecified atom stereocenters. The number of carbonyl (C=O) groups is 2. The van der Waals surface area contributed by atoms with E-state index in [0.717, 1.165) is 11.3 Å². The number of thiazole rings is 1. The Morgan fingerprint density at radius 2 is 2.10 bits per heavy atom. The van der Waals surface area contributed by atoms with Crippen molar-refractivity contribution in [3.63, 3.8) is 0 Å². The van der Waals surface area contributed by atoms with Crippen LogP contribution in [0.1, 0.15) is 23.5 Å². The van der Waals surface area contributed by atoms with Gasteiger partial charge in [0, 0.05) is 20.1 Å². The number of ether oxygens (including phenoxy) is 1. The van der Waals surface area contributed by atoms with Crippen LogP contribution in [0.3, 0.4) is 0 Å². The van der Waals surface area contributed by atoms with E-state index in [4.69, 9.17) is 11.6 Å². The Morgan fingerprint density at radius 3 is 2.70 bits per heavy atom. The summed E-state index contributed by atoms with van der Waals surface area (Å²) in [5.74, 6) is -0.508. The fourth-order valence-corrected chi connectivity index (χ4v) is 3.54. The van der Waals surface area contributed by atoms with Crippen LogP contribution in [0.15, 0.2) is 0 Å². The van der Waals surface area contributed by atoms with Gasteiger partial charge < -0.3 is 14.5 Å². The minimum absolute atomic E-state index is 0.00897. The summed E-state index contributed by atoms with van der Waals surface area (Å²) in [6, 6.07) is 0. The largest absolute Gasteiger partial charge is 0.465 e. The Balaban J connectivity index is 2.37. The molecule has 0 radical (unpaired) electrons. The van der Waals surface area contributed by atoms with E-state index in [9.17, 15) is 9.59 Å². The lowest BCUT2D eigenvalue weighted by Gasteiger charge is -2.44. The minimum Gasteiger partial charge on any atom is -0.465 e. The smallest absolute Gasteiger partial charge is 0.351 e. The molecule has 2 heterocycles. The van der Waals surface area contributed by atoms with E-state index in [1.165, 1.54) is 7.11 Å². The number of hydrogen-bond donors (Lipinski definition) is 0. The van der Waals surface area contributed by atoms with E-state index < -0.39 is 11.5 Å². The highest BCUT2D eigenvalue weighted by Gasteiger charge is 2.42. The number of carbonyl (C=O) groups excluding carboxylic acids is 2. The van der Waals surface area contributed by atoms with E-state index in [1.807, 2.05) is 18.7 Å². The van der Waals surface area contributed by atoms with Crippen molar-refractivity contribution in [1.29, 1.82) is 0 Å². The van der Waals surface area contributed by atoms with Gasteiger partial charge in [0.25, 0.3) is 0 Å². The number of methoxy groups -OCH3 is 1. The molecule has 1 aliphatic heterocycles. The fraction of sp³-hybridized carbons (Fsp3) is 0.583. The molecule has 8 heteroatoms. The van der Waals surface area contributed by atoms with Crippen molar-refractivity contribution in [2.24, 2.45) is 0 Å². The minimum atomic E-state index is -0.721. The molecule has 6 nitrogen and oxygen atoms in total.